The summed E-state index contributed by atoms with van der Waals surface area (Å²) in [5.74, 6) is -0.952. The maximum atomic E-state index is 13.5. The highest BCUT2D eigenvalue weighted by atomic mass is 32.2. The summed E-state index contributed by atoms with van der Waals surface area (Å²) in [6.07, 6.45) is -0.0166. The van der Waals surface area contributed by atoms with Crippen LogP contribution in [0, 0.1) is 11.6 Å². The minimum atomic E-state index is -3.80. The molecule has 0 fully saturated rings. The first-order valence-corrected chi connectivity index (χ1v) is 8.46. The number of halogens is 2. The lowest BCUT2D eigenvalue weighted by Crippen LogP contribution is -2.23. The molecule has 0 amide bonds. The average molecular weight is 341 g/mol. The molecule has 0 saturated carbocycles. The quantitative estimate of drug-likeness (QED) is 0.878. The highest BCUT2D eigenvalue weighted by Crippen LogP contribution is 2.18. The van der Waals surface area contributed by atoms with Gasteiger partial charge in [-0.3, -0.25) is 0 Å². The summed E-state index contributed by atoms with van der Waals surface area (Å²) in [7, 11) is -3.80. The van der Waals surface area contributed by atoms with Crippen LogP contribution >= 0.6 is 0 Å². The van der Waals surface area contributed by atoms with Gasteiger partial charge in [0.15, 0.2) is 0 Å². The van der Waals surface area contributed by atoms with Gasteiger partial charge in [-0.1, -0.05) is 6.07 Å². The summed E-state index contributed by atoms with van der Waals surface area (Å²) in [6.45, 7) is 3.46. The fourth-order valence-electron chi connectivity index (χ4n) is 1.89. The largest absolute Gasteiger partial charge is 0.491 e. The second-order valence-corrected chi connectivity index (χ2v) is 6.97. The van der Waals surface area contributed by atoms with E-state index in [1.165, 1.54) is 18.2 Å². The van der Waals surface area contributed by atoms with Gasteiger partial charge in [-0.25, -0.2) is 21.9 Å². The molecule has 0 heterocycles. The summed E-state index contributed by atoms with van der Waals surface area (Å²) >= 11 is 0. The molecule has 2 aromatic rings. The maximum Gasteiger partial charge on any atom is 0.240 e. The van der Waals surface area contributed by atoms with Crippen molar-refractivity contribution in [2.75, 3.05) is 0 Å². The number of hydrogen-bond acceptors (Lipinski definition) is 3. The van der Waals surface area contributed by atoms with Gasteiger partial charge in [0.2, 0.25) is 10.0 Å². The molecular formula is C16H17F2NO3S. The molecule has 0 unspecified atom stereocenters. The third-order valence-electron chi connectivity index (χ3n) is 2.97. The van der Waals surface area contributed by atoms with Crippen LogP contribution < -0.4 is 9.46 Å². The molecule has 4 nitrogen and oxygen atoms in total. The fraction of sp³-hybridized carbons (Fsp3) is 0.250. The number of nitrogens with one attached hydrogen (secondary N) is 1. The molecule has 1 N–H and O–H groups in total. The van der Waals surface area contributed by atoms with Crippen molar-refractivity contribution in [3.63, 3.8) is 0 Å². The lowest BCUT2D eigenvalue weighted by molar-refractivity contribution is 0.242. The van der Waals surface area contributed by atoms with E-state index >= 15 is 0 Å². The second-order valence-electron chi connectivity index (χ2n) is 5.20. The van der Waals surface area contributed by atoms with Crippen molar-refractivity contribution >= 4 is 10.0 Å². The van der Waals surface area contributed by atoms with Crippen LogP contribution in [-0.4, -0.2) is 14.5 Å². The molecule has 124 valence electrons. The van der Waals surface area contributed by atoms with E-state index in [0.29, 0.717) is 11.8 Å². The summed E-state index contributed by atoms with van der Waals surface area (Å²) in [4.78, 5) is 0.0381. The van der Waals surface area contributed by atoms with Crippen molar-refractivity contribution in [1.82, 2.24) is 4.72 Å². The summed E-state index contributed by atoms with van der Waals surface area (Å²) in [6, 6.07) is 8.89. The topological polar surface area (TPSA) is 55.4 Å². The Kier molecular flexibility index (Phi) is 5.33. The molecule has 0 saturated heterocycles. The first-order valence-electron chi connectivity index (χ1n) is 6.98. The zero-order valence-electron chi connectivity index (χ0n) is 12.7. The standard InChI is InChI=1S/C16H17F2NO3S/c1-11(2)22-14-5-7-15(8-6-14)23(20,21)19-10-12-3-4-13(17)9-16(12)18/h3-9,11,19H,10H2,1-2H3. The second kappa shape index (κ2) is 7.06. The van der Waals surface area contributed by atoms with Gasteiger partial charge in [0.05, 0.1) is 11.0 Å². The lowest BCUT2D eigenvalue weighted by atomic mass is 10.2. The normalized spacial score (nSPS) is 11.7. The first kappa shape index (κ1) is 17.4. The SMILES string of the molecule is CC(C)Oc1ccc(S(=O)(=O)NCc2ccc(F)cc2F)cc1. The molecule has 0 aliphatic heterocycles. The average Bonchev–Trinajstić information content (AvgIpc) is 2.46. The van der Waals surface area contributed by atoms with E-state index in [2.05, 4.69) is 4.72 Å². The van der Waals surface area contributed by atoms with Gasteiger partial charge in [0.25, 0.3) is 0 Å². The van der Waals surface area contributed by atoms with E-state index in [4.69, 9.17) is 4.74 Å². The van der Waals surface area contributed by atoms with Crippen LogP contribution in [0.25, 0.3) is 0 Å². The number of benzene rings is 2. The molecule has 0 bridgehead atoms. The first-order chi connectivity index (χ1) is 10.8. The molecular weight excluding hydrogens is 324 g/mol. The third-order valence-corrected chi connectivity index (χ3v) is 4.39. The van der Waals surface area contributed by atoms with Gasteiger partial charge in [-0.2, -0.15) is 0 Å². The highest BCUT2D eigenvalue weighted by Gasteiger charge is 2.15. The summed E-state index contributed by atoms with van der Waals surface area (Å²) < 4.78 is 58.4. The predicted octanol–water partition coefficient (Wildman–Crippen LogP) is 3.23. The Bertz CT molecular complexity index is 774. The third kappa shape index (κ3) is 4.74. The Morgan fingerprint density at radius 3 is 2.30 bits per heavy atom. The van der Waals surface area contributed by atoms with Crippen LogP contribution in [0.15, 0.2) is 47.4 Å². The number of sulfonamides is 1. The minimum absolute atomic E-state index is 0.0166. The molecule has 0 aliphatic rings. The number of rotatable bonds is 6. The van der Waals surface area contributed by atoms with Crippen molar-refractivity contribution in [3.8, 4) is 5.75 Å². The van der Waals surface area contributed by atoms with E-state index in [1.807, 2.05) is 13.8 Å². The Balaban J connectivity index is 2.09. The molecule has 0 radical (unpaired) electrons. The van der Waals surface area contributed by atoms with Gasteiger partial charge >= 0.3 is 0 Å². The van der Waals surface area contributed by atoms with E-state index in [-0.39, 0.29) is 23.1 Å². The van der Waals surface area contributed by atoms with Gasteiger partial charge in [-0.15, -0.1) is 0 Å². The van der Waals surface area contributed by atoms with Crippen LogP contribution in [0.5, 0.6) is 5.75 Å². The van der Waals surface area contributed by atoms with E-state index in [0.717, 1.165) is 6.07 Å². The Morgan fingerprint density at radius 2 is 1.74 bits per heavy atom. The van der Waals surface area contributed by atoms with Crippen molar-refractivity contribution in [2.45, 2.75) is 31.4 Å². The zero-order chi connectivity index (χ0) is 17.0. The van der Waals surface area contributed by atoms with Crippen molar-refractivity contribution in [3.05, 3.63) is 59.7 Å². The van der Waals surface area contributed by atoms with Gasteiger partial charge in [0.1, 0.15) is 17.4 Å². The van der Waals surface area contributed by atoms with Crippen molar-refractivity contribution in [2.24, 2.45) is 0 Å². The molecule has 0 atom stereocenters. The maximum absolute atomic E-state index is 13.5. The smallest absolute Gasteiger partial charge is 0.240 e. The minimum Gasteiger partial charge on any atom is -0.491 e. The Labute approximate surface area is 134 Å². The predicted molar refractivity (Wildman–Crippen MR) is 82.6 cm³/mol. The molecule has 7 heteroatoms. The monoisotopic (exact) mass is 341 g/mol. The molecule has 23 heavy (non-hydrogen) atoms. The Morgan fingerprint density at radius 1 is 1.09 bits per heavy atom. The van der Waals surface area contributed by atoms with E-state index in [1.54, 1.807) is 12.1 Å². The number of ether oxygens (including phenoxy) is 1. The fourth-order valence-corrected chi connectivity index (χ4v) is 2.90. The van der Waals surface area contributed by atoms with Gasteiger partial charge < -0.3 is 4.74 Å². The van der Waals surface area contributed by atoms with Gasteiger partial charge in [-0.05, 0) is 44.2 Å². The van der Waals surface area contributed by atoms with Crippen LogP contribution in [0.1, 0.15) is 19.4 Å². The number of hydrogen-bond donors (Lipinski definition) is 1. The molecule has 2 rings (SSSR count). The summed E-state index contributed by atoms with van der Waals surface area (Å²) in [5, 5.41) is 0. The molecule has 2 aromatic carbocycles. The van der Waals surface area contributed by atoms with Gasteiger partial charge in [0, 0.05) is 18.2 Å². The van der Waals surface area contributed by atoms with E-state index in [9.17, 15) is 17.2 Å². The lowest BCUT2D eigenvalue weighted by Gasteiger charge is -2.11. The molecule has 0 spiro atoms. The van der Waals surface area contributed by atoms with Crippen molar-refractivity contribution in [1.29, 1.82) is 0 Å². The highest BCUT2D eigenvalue weighted by molar-refractivity contribution is 7.89. The zero-order valence-corrected chi connectivity index (χ0v) is 13.5. The Hall–Kier alpha value is -1.99. The summed E-state index contributed by atoms with van der Waals surface area (Å²) in [5.41, 5.74) is 0.0646. The van der Waals surface area contributed by atoms with E-state index < -0.39 is 21.7 Å². The van der Waals surface area contributed by atoms with Crippen molar-refractivity contribution < 1.29 is 21.9 Å². The molecule has 0 aromatic heterocycles. The van der Waals surface area contributed by atoms with Crippen LogP contribution in [0.4, 0.5) is 8.78 Å². The van der Waals surface area contributed by atoms with Crippen LogP contribution in [0.3, 0.4) is 0 Å². The van der Waals surface area contributed by atoms with Crippen LogP contribution in [0.2, 0.25) is 0 Å². The van der Waals surface area contributed by atoms with Crippen LogP contribution in [-0.2, 0) is 16.6 Å². The molecule has 0 aliphatic carbocycles.